The molecule has 0 radical (unpaired) electrons. The third-order valence-corrected chi connectivity index (χ3v) is 4.33. The maximum Gasteiger partial charge on any atom is 0.251 e. The predicted molar refractivity (Wildman–Crippen MR) is 101 cm³/mol. The molecule has 4 aromatic rings. The van der Waals surface area contributed by atoms with Gasteiger partial charge in [-0.25, -0.2) is 9.37 Å². The topological polar surface area (TPSA) is 59.8 Å². The summed E-state index contributed by atoms with van der Waals surface area (Å²) in [5.74, 6) is 0.238. The number of halogens is 1. The third-order valence-electron chi connectivity index (χ3n) is 4.33. The van der Waals surface area contributed by atoms with Crippen LogP contribution in [0.25, 0.3) is 16.7 Å². The fourth-order valence-electron chi connectivity index (χ4n) is 3.07. The normalized spacial score (nSPS) is 10.9. The maximum atomic E-state index is 13.6. The quantitative estimate of drug-likeness (QED) is 0.602. The van der Waals surface area contributed by atoms with Crippen LogP contribution in [0.4, 0.5) is 4.39 Å². The molecule has 0 fully saturated rings. The van der Waals surface area contributed by atoms with E-state index in [4.69, 9.17) is 0 Å². The Balaban J connectivity index is 1.62. The van der Waals surface area contributed by atoms with Gasteiger partial charge in [0.1, 0.15) is 11.6 Å². The molecule has 0 aliphatic carbocycles. The summed E-state index contributed by atoms with van der Waals surface area (Å²) in [6, 6.07) is 15.4. The third kappa shape index (κ3) is 3.42. The average Bonchev–Trinajstić information content (AvgIpc) is 3.01. The molecule has 5 nitrogen and oxygen atoms in total. The number of pyridine rings is 1. The summed E-state index contributed by atoms with van der Waals surface area (Å²) >= 11 is 0. The van der Waals surface area contributed by atoms with E-state index in [1.54, 1.807) is 30.6 Å². The molecular formula is C21H17FN4O. The van der Waals surface area contributed by atoms with Crippen molar-refractivity contribution in [2.45, 2.75) is 13.5 Å². The molecule has 0 unspecified atom stereocenters. The number of rotatable bonds is 4. The van der Waals surface area contributed by atoms with E-state index in [9.17, 15) is 9.18 Å². The largest absolute Gasteiger partial charge is 0.348 e. The molecule has 2 aromatic carbocycles. The van der Waals surface area contributed by atoms with Gasteiger partial charge in [-0.15, -0.1) is 0 Å². The summed E-state index contributed by atoms with van der Waals surface area (Å²) in [5, 5.41) is 2.88. The van der Waals surface area contributed by atoms with E-state index >= 15 is 0 Å². The number of nitrogens with one attached hydrogen (secondary N) is 1. The Morgan fingerprint density at radius 2 is 2.04 bits per heavy atom. The minimum atomic E-state index is -0.305. The van der Waals surface area contributed by atoms with Crippen LogP contribution in [-0.2, 0) is 6.54 Å². The van der Waals surface area contributed by atoms with Crippen molar-refractivity contribution in [1.82, 2.24) is 19.9 Å². The highest BCUT2D eigenvalue weighted by Gasteiger charge is 2.13. The Bertz CT molecular complexity index is 1120. The van der Waals surface area contributed by atoms with E-state index in [0.717, 1.165) is 16.9 Å². The Hall–Kier alpha value is -3.54. The minimum absolute atomic E-state index is 0.182. The highest BCUT2D eigenvalue weighted by atomic mass is 19.1. The van der Waals surface area contributed by atoms with Crippen molar-refractivity contribution in [1.29, 1.82) is 0 Å². The molecule has 27 heavy (non-hydrogen) atoms. The molecule has 4 rings (SSSR count). The van der Waals surface area contributed by atoms with E-state index in [1.165, 1.54) is 12.1 Å². The SMILES string of the molecule is Cc1nc2cc(C(=O)NCc3cccnc3)ccc2n1-c1cccc(F)c1. The zero-order chi connectivity index (χ0) is 18.8. The number of carbonyl (C=O) groups excluding carboxylic acids is 1. The molecule has 1 amide bonds. The molecular weight excluding hydrogens is 343 g/mol. The summed E-state index contributed by atoms with van der Waals surface area (Å²) in [6.07, 6.45) is 3.41. The van der Waals surface area contributed by atoms with Crippen LogP contribution in [0.2, 0.25) is 0 Å². The van der Waals surface area contributed by atoms with Gasteiger partial charge in [-0.3, -0.25) is 14.3 Å². The van der Waals surface area contributed by atoms with Crippen LogP contribution in [0.5, 0.6) is 0 Å². The summed E-state index contributed by atoms with van der Waals surface area (Å²) in [4.78, 5) is 21.0. The molecule has 0 atom stereocenters. The Morgan fingerprint density at radius 1 is 1.15 bits per heavy atom. The van der Waals surface area contributed by atoms with Gasteiger partial charge in [0.25, 0.3) is 5.91 Å². The summed E-state index contributed by atoms with van der Waals surface area (Å²) in [6.45, 7) is 2.26. The first-order valence-corrected chi connectivity index (χ1v) is 8.54. The van der Waals surface area contributed by atoms with Crippen molar-refractivity contribution in [2.24, 2.45) is 0 Å². The zero-order valence-electron chi connectivity index (χ0n) is 14.7. The van der Waals surface area contributed by atoms with Crippen LogP contribution in [0, 0.1) is 12.7 Å². The molecule has 0 aliphatic rings. The smallest absolute Gasteiger partial charge is 0.251 e. The summed E-state index contributed by atoms with van der Waals surface area (Å²) in [7, 11) is 0. The molecule has 0 saturated heterocycles. The first kappa shape index (κ1) is 16.9. The van der Waals surface area contributed by atoms with Gasteiger partial charge in [0.2, 0.25) is 0 Å². The fourth-order valence-corrected chi connectivity index (χ4v) is 3.07. The van der Waals surface area contributed by atoms with E-state index in [2.05, 4.69) is 15.3 Å². The molecule has 0 spiro atoms. The standard InChI is InChI=1S/C21H17FN4O/c1-14-25-19-10-16(21(27)24-13-15-4-3-9-23-12-15)7-8-20(19)26(14)18-6-2-5-17(22)11-18/h2-12H,13H2,1H3,(H,24,27). The van der Waals surface area contributed by atoms with Gasteiger partial charge >= 0.3 is 0 Å². The van der Waals surface area contributed by atoms with Crippen LogP contribution >= 0.6 is 0 Å². The lowest BCUT2D eigenvalue weighted by Gasteiger charge is -2.08. The highest BCUT2D eigenvalue weighted by Crippen LogP contribution is 2.23. The molecule has 0 bridgehead atoms. The molecule has 0 aliphatic heterocycles. The number of hydrogen-bond acceptors (Lipinski definition) is 3. The van der Waals surface area contributed by atoms with Crippen LogP contribution in [0.3, 0.4) is 0 Å². The predicted octanol–water partition coefficient (Wildman–Crippen LogP) is 3.80. The fraction of sp³-hybridized carbons (Fsp3) is 0.0952. The van der Waals surface area contributed by atoms with Gasteiger partial charge in [0.05, 0.1) is 16.7 Å². The summed E-state index contributed by atoms with van der Waals surface area (Å²) < 4.78 is 15.5. The number of hydrogen-bond donors (Lipinski definition) is 1. The van der Waals surface area contributed by atoms with Crippen LogP contribution in [0.15, 0.2) is 67.0 Å². The van der Waals surface area contributed by atoms with Gasteiger partial charge in [-0.2, -0.15) is 0 Å². The maximum absolute atomic E-state index is 13.6. The second-order valence-corrected chi connectivity index (χ2v) is 6.22. The Kier molecular flexibility index (Phi) is 4.38. The molecule has 134 valence electrons. The van der Waals surface area contributed by atoms with Gasteiger partial charge in [0.15, 0.2) is 0 Å². The lowest BCUT2D eigenvalue weighted by atomic mass is 10.1. The number of fused-ring (bicyclic) bond motifs is 1. The van der Waals surface area contributed by atoms with Gasteiger partial charge in [0, 0.05) is 24.5 Å². The molecule has 1 N–H and O–H groups in total. The number of nitrogens with zero attached hydrogens (tertiary/aromatic N) is 3. The van der Waals surface area contributed by atoms with Gasteiger partial charge in [-0.1, -0.05) is 12.1 Å². The Morgan fingerprint density at radius 3 is 2.81 bits per heavy atom. The lowest BCUT2D eigenvalue weighted by Crippen LogP contribution is -2.22. The second kappa shape index (κ2) is 6.99. The Labute approximate surface area is 155 Å². The van der Waals surface area contributed by atoms with Crippen molar-refractivity contribution in [3.05, 3.63) is 89.8 Å². The lowest BCUT2D eigenvalue weighted by molar-refractivity contribution is 0.0951. The summed E-state index contributed by atoms with van der Waals surface area (Å²) in [5.41, 5.74) is 3.66. The molecule has 6 heteroatoms. The molecule has 2 aromatic heterocycles. The van der Waals surface area contributed by atoms with E-state index in [0.29, 0.717) is 23.3 Å². The average molecular weight is 360 g/mol. The van der Waals surface area contributed by atoms with Crippen molar-refractivity contribution in [3.63, 3.8) is 0 Å². The van der Waals surface area contributed by atoms with Crippen molar-refractivity contribution in [2.75, 3.05) is 0 Å². The number of aryl methyl sites for hydroxylation is 1. The van der Waals surface area contributed by atoms with Gasteiger partial charge in [-0.05, 0) is 55.0 Å². The van der Waals surface area contributed by atoms with Crippen molar-refractivity contribution < 1.29 is 9.18 Å². The molecule has 2 heterocycles. The second-order valence-electron chi connectivity index (χ2n) is 6.22. The monoisotopic (exact) mass is 360 g/mol. The first-order valence-electron chi connectivity index (χ1n) is 8.54. The minimum Gasteiger partial charge on any atom is -0.348 e. The first-order chi connectivity index (χ1) is 13.1. The van der Waals surface area contributed by atoms with E-state index in [1.807, 2.05) is 35.8 Å². The van der Waals surface area contributed by atoms with Crippen molar-refractivity contribution >= 4 is 16.9 Å². The number of carbonyl (C=O) groups is 1. The van der Waals surface area contributed by atoms with Crippen LogP contribution in [-0.4, -0.2) is 20.4 Å². The number of amides is 1. The number of aromatic nitrogens is 3. The molecule has 0 saturated carbocycles. The zero-order valence-corrected chi connectivity index (χ0v) is 14.7. The van der Waals surface area contributed by atoms with Crippen molar-refractivity contribution in [3.8, 4) is 5.69 Å². The van der Waals surface area contributed by atoms with E-state index in [-0.39, 0.29) is 11.7 Å². The van der Waals surface area contributed by atoms with Crippen LogP contribution < -0.4 is 5.32 Å². The number of benzene rings is 2. The number of imidazole rings is 1. The van der Waals surface area contributed by atoms with E-state index < -0.39 is 0 Å². The van der Waals surface area contributed by atoms with Crippen LogP contribution in [0.1, 0.15) is 21.7 Å². The highest BCUT2D eigenvalue weighted by molar-refractivity contribution is 5.97. The van der Waals surface area contributed by atoms with Gasteiger partial charge < -0.3 is 5.32 Å².